The van der Waals surface area contributed by atoms with Gasteiger partial charge < -0.3 is 0 Å². The summed E-state index contributed by atoms with van der Waals surface area (Å²) in [6.45, 7) is 2.02. The van der Waals surface area contributed by atoms with E-state index in [1.54, 1.807) is 22.3 Å². The summed E-state index contributed by atoms with van der Waals surface area (Å²) >= 11 is 1.66. The normalized spacial score (nSPS) is 11.6. The molecule has 0 spiro atoms. The van der Waals surface area contributed by atoms with Crippen LogP contribution in [0.1, 0.15) is 5.69 Å². The molecule has 0 N–H and O–H groups in total. The molecule has 0 aliphatic heterocycles. The predicted molar refractivity (Wildman–Crippen MR) is 136 cm³/mol. The van der Waals surface area contributed by atoms with Crippen LogP contribution in [0.5, 0.6) is 0 Å². The van der Waals surface area contributed by atoms with Gasteiger partial charge in [0.05, 0.1) is 44.2 Å². The molecule has 0 unspecified atom stereocenters. The second-order valence-corrected chi connectivity index (χ2v) is 9.06. The van der Waals surface area contributed by atoms with Crippen LogP contribution in [0.15, 0.2) is 90.8 Å². The van der Waals surface area contributed by atoms with Crippen molar-refractivity contribution in [1.82, 2.24) is 38.9 Å². The van der Waals surface area contributed by atoms with Crippen molar-refractivity contribution in [3.05, 3.63) is 96.5 Å². The Balaban J connectivity index is 1.63. The number of imidazole rings is 1. The highest BCUT2D eigenvalue weighted by atomic mass is 32.1. The van der Waals surface area contributed by atoms with Gasteiger partial charge >= 0.3 is 0 Å². The molecule has 0 aliphatic carbocycles. The standard InChI is InChI=1S/C26H18N8S/c1-17-24(25(32-16-27-15-28-32)34(31-17)18-8-3-2-4-9-18)22-14-20(23-12-7-13-35-23)30-26-29-19-10-5-6-11-21(19)33(22)26/h2-16H,1H3. The molecule has 9 heteroatoms. The summed E-state index contributed by atoms with van der Waals surface area (Å²) in [6, 6.07) is 24.4. The van der Waals surface area contributed by atoms with Gasteiger partial charge in [-0.1, -0.05) is 36.4 Å². The minimum atomic E-state index is 0.642. The third-order valence-corrected chi connectivity index (χ3v) is 6.87. The van der Waals surface area contributed by atoms with E-state index in [4.69, 9.17) is 15.1 Å². The highest BCUT2D eigenvalue weighted by molar-refractivity contribution is 7.13. The first-order chi connectivity index (χ1) is 17.3. The van der Waals surface area contributed by atoms with E-state index in [0.717, 1.165) is 50.1 Å². The zero-order valence-corrected chi connectivity index (χ0v) is 19.5. The van der Waals surface area contributed by atoms with Gasteiger partial charge in [0.25, 0.3) is 0 Å². The summed E-state index contributed by atoms with van der Waals surface area (Å²) < 4.78 is 5.78. The molecule has 0 bridgehead atoms. The van der Waals surface area contributed by atoms with Crippen molar-refractivity contribution >= 4 is 28.1 Å². The van der Waals surface area contributed by atoms with E-state index in [-0.39, 0.29) is 0 Å². The van der Waals surface area contributed by atoms with Crippen molar-refractivity contribution in [1.29, 1.82) is 0 Å². The summed E-state index contributed by atoms with van der Waals surface area (Å²) in [7, 11) is 0. The lowest BCUT2D eigenvalue weighted by atomic mass is 10.1. The molecule has 35 heavy (non-hydrogen) atoms. The molecule has 0 radical (unpaired) electrons. The predicted octanol–water partition coefficient (Wildman–Crippen LogP) is 5.35. The highest BCUT2D eigenvalue weighted by Crippen LogP contribution is 2.36. The van der Waals surface area contributed by atoms with Crippen molar-refractivity contribution in [3.63, 3.8) is 0 Å². The second-order valence-electron chi connectivity index (χ2n) is 8.11. The largest absolute Gasteiger partial charge is 0.276 e. The molecule has 0 atom stereocenters. The van der Waals surface area contributed by atoms with Crippen LogP contribution in [0.3, 0.4) is 0 Å². The SMILES string of the molecule is Cc1nn(-c2ccccc2)c(-n2cncn2)c1-c1cc(-c2cccs2)nc2nc3ccccc3n12. The third kappa shape index (κ3) is 3.09. The first-order valence-electron chi connectivity index (χ1n) is 11.1. The van der Waals surface area contributed by atoms with E-state index in [1.807, 2.05) is 66.2 Å². The number of aryl methyl sites for hydroxylation is 1. The number of benzene rings is 2. The minimum Gasteiger partial charge on any atom is -0.276 e. The minimum absolute atomic E-state index is 0.642. The number of para-hydroxylation sites is 3. The molecule has 2 aromatic carbocycles. The molecule has 7 rings (SSSR count). The Labute approximate surface area is 203 Å². The van der Waals surface area contributed by atoms with Crippen molar-refractivity contribution in [3.8, 4) is 33.3 Å². The van der Waals surface area contributed by atoms with Crippen molar-refractivity contribution in [2.75, 3.05) is 0 Å². The van der Waals surface area contributed by atoms with Crippen LogP contribution in [0.25, 0.3) is 50.1 Å². The van der Waals surface area contributed by atoms with Gasteiger partial charge in [-0.05, 0) is 48.7 Å². The van der Waals surface area contributed by atoms with Gasteiger partial charge in [-0.25, -0.2) is 24.3 Å². The molecule has 168 valence electrons. The van der Waals surface area contributed by atoms with Crippen molar-refractivity contribution in [2.24, 2.45) is 0 Å². The monoisotopic (exact) mass is 474 g/mol. The van der Waals surface area contributed by atoms with Crippen molar-refractivity contribution in [2.45, 2.75) is 6.92 Å². The summed E-state index contributed by atoms with van der Waals surface area (Å²) in [5, 5.41) is 11.5. The molecule has 0 fully saturated rings. The zero-order valence-electron chi connectivity index (χ0n) is 18.6. The molecule has 5 aromatic heterocycles. The summed E-state index contributed by atoms with van der Waals surface area (Å²) in [6.07, 6.45) is 3.23. The molecular weight excluding hydrogens is 456 g/mol. The average molecular weight is 475 g/mol. The number of hydrogen-bond donors (Lipinski definition) is 0. The number of hydrogen-bond acceptors (Lipinski definition) is 6. The number of rotatable bonds is 4. The molecule has 0 amide bonds. The number of fused-ring (bicyclic) bond motifs is 3. The van der Waals surface area contributed by atoms with Crippen LogP contribution in [-0.2, 0) is 0 Å². The van der Waals surface area contributed by atoms with Gasteiger partial charge in [0.2, 0.25) is 5.78 Å². The lowest BCUT2D eigenvalue weighted by Crippen LogP contribution is -2.08. The quantitative estimate of drug-likeness (QED) is 0.343. The molecular formula is C26H18N8S. The average Bonchev–Trinajstić information content (AvgIpc) is 3.69. The Bertz CT molecular complexity index is 1800. The van der Waals surface area contributed by atoms with Gasteiger partial charge in [0.15, 0.2) is 5.82 Å². The van der Waals surface area contributed by atoms with Crippen molar-refractivity contribution < 1.29 is 0 Å². The molecule has 5 heterocycles. The van der Waals surface area contributed by atoms with Gasteiger partial charge in [-0.3, -0.25) is 4.40 Å². The number of thiophene rings is 1. The Kier molecular flexibility index (Phi) is 4.36. The van der Waals surface area contributed by atoms with E-state index in [1.165, 1.54) is 6.33 Å². The van der Waals surface area contributed by atoms with E-state index in [2.05, 4.69) is 38.1 Å². The number of aromatic nitrogens is 8. The molecule has 8 nitrogen and oxygen atoms in total. The molecule has 0 aliphatic rings. The smallest absolute Gasteiger partial charge is 0.235 e. The van der Waals surface area contributed by atoms with E-state index < -0.39 is 0 Å². The third-order valence-electron chi connectivity index (χ3n) is 5.98. The lowest BCUT2D eigenvalue weighted by Gasteiger charge is -2.12. The van der Waals surface area contributed by atoms with E-state index >= 15 is 0 Å². The van der Waals surface area contributed by atoms with Crippen LogP contribution in [0.2, 0.25) is 0 Å². The maximum atomic E-state index is 4.95. The van der Waals surface area contributed by atoms with Crippen LogP contribution in [0, 0.1) is 6.92 Å². The van der Waals surface area contributed by atoms with Gasteiger partial charge in [0, 0.05) is 0 Å². The number of nitrogens with zero attached hydrogens (tertiary/aromatic N) is 8. The Hall–Kier alpha value is -4.63. The maximum absolute atomic E-state index is 4.95. The highest BCUT2D eigenvalue weighted by Gasteiger charge is 2.25. The van der Waals surface area contributed by atoms with E-state index in [9.17, 15) is 0 Å². The Morgan fingerprint density at radius 3 is 2.54 bits per heavy atom. The Morgan fingerprint density at radius 1 is 0.886 bits per heavy atom. The van der Waals surface area contributed by atoms with Crippen LogP contribution in [-0.4, -0.2) is 38.9 Å². The first kappa shape index (κ1) is 19.8. The second kappa shape index (κ2) is 7.71. The molecule has 0 saturated heterocycles. The first-order valence-corrected chi connectivity index (χ1v) is 12.0. The fraction of sp³-hybridized carbons (Fsp3) is 0.0385. The summed E-state index contributed by atoms with van der Waals surface area (Å²) in [4.78, 5) is 15.1. The lowest BCUT2D eigenvalue weighted by molar-refractivity contribution is 0.760. The molecule has 0 saturated carbocycles. The topological polar surface area (TPSA) is 78.7 Å². The maximum Gasteiger partial charge on any atom is 0.235 e. The summed E-state index contributed by atoms with van der Waals surface area (Å²) in [5.41, 5.74) is 6.42. The van der Waals surface area contributed by atoms with Gasteiger partial charge in [-0.15, -0.1) is 11.3 Å². The zero-order chi connectivity index (χ0) is 23.4. The Morgan fingerprint density at radius 2 is 1.74 bits per heavy atom. The van der Waals surface area contributed by atoms with Gasteiger partial charge in [-0.2, -0.15) is 10.2 Å². The summed E-state index contributed by atoms with van der Waals surface area (Å²) in [5.74, 6) is 1.44. The van der Waals surface area contributed by atoms with Crippen LogP contribution < -0.4 is 0 Å². The van der Waals surface area contributed by atoms with Crippen LogP contribution >= 0.6 is 11.3 Å². The fourth-order valence-electron chi connectivity index (χ4n) is 4.49. The fourth-order valence-corrected chi connectivity index (χ4v) is 5.17. The van der Waals surface area contributed by atoms with Gasteiger partial charge in [0.1, 0.15) is 12.7 Å². The van der Waals surface area contributed by atoms with Crippen LogP contribution in [0.4, 0.5) is 0 Å². The van der Waals surface area contributed by atoms with E-state index in [0.29, 0.717) is 5.78 Å². The molecule has 7 aromatic rings.